The summed E-state index contributed by atoms with van der Waals surface area (Å²) < 4.78 is 5.41. The van der Waals surface area contributed by atoms with Gasteiger partial charge in [0.15, 0.2) is 5.82 Å². The Morgan fingerprint density at radius 2 is 1.69 bits per heavy atom. The van der Waals surface area contributed by atoms with Crippen molar-refractivity contribution in [2.24, 2.45) is 0 Å². The van der Waals surface area contributed by atoms with Gasteiger partial charge in [-0.05, 0) is 26.8 Å². The minimum atomic E-state index is -0.361. The van der Waals surface area contributed by atoms with Crippen molar-refractivity contribution in [1.82, 2.24) is 15.3 Å². The summed E-state index contributed by atoms with van der Waals surface area (Å²) in [7, 11) is 1.64. The van der Waals surface area contributed by atoms with E-state index < -0.39 is 0 Å². The summed E-state index contributed by atoms with van der Waals surface area (Å²) in [5, 5.41) is 6.25. The standard InChI is InChI=1S/C23H26N4O2/c1-23(2,3)27-22(28)18-14-20(24-15-17-12-8-9-13-19(17)29-4)26-21(25-18)16-10-6-5-7-11-16/h5-14H,15H2,1-4H3,(H,27,28)(H,24,25,26). The van der Waals surface area contributed by atoms with Gasteiger partial charge in [-0.3, -0.25) is 4.79 Å². The first-order chi connectivity index (χ1) is 13.9. The number of amides is 1. The molecule has 29 heavy (non-hydrogen) atoms. The lowest BCUT2D eigenvalue weighted by atomic mass is 10.1. The Hall–Kier alpha value is -3.41. The predicted octanol–water partition coefficient (Wildman–Crippen LogP) is 4.29. The second-order valence-corrected chi connectivity index (χ2v) is 7.70. The quantitative estimate of drug-likeness (QED) is 0.657. The smallest absolute Gasteiger partial charge is 0.270 e. The third kappa shape index (κ3) is 5.54. The number of benzene rings is 2. The normalized spacial score (nSPS) is 11.0. The van der Waals surface area contributed by atoms with Crippen molar-refractivity contribution in [1.29, 1.82) is 0 Å². The molecule has 0 aliphatic rings. The summed E-state index contributed by atoms with van der Waals surface area (Å²) in [6.07, 6.45) is 0. The summed E-state index contributed by atoms with van der Waals surface area (Å²) >= 11 is 0. The maximum Gasteiger partial charge on any atom is 0.270 e. The van der Waals surface area contributed by atoms with Crippen LogP contribution in [0.4, 0.5) is 5.82 Å². The van der Waals surface area contributed by atoms with E-state index >= 15 is 0 Å². The van der Waals surface area contributed by atoms with Crippen LogP contribution in [0.15, 0.2) is 60.7 Å². The van der Waals surface area contributed by atoms with E-state index in [-0.39, 0.29) is 11.4 Å². The molecule has 0 bridgehead atoms. The molecular formula is C23H26N4O2. The first-order valence-electron chi connectivity index (χ1n) is 9.48. The number of anilines is 1. The number of rotatable bonds is 6. The lowest BCUT2D eigenvalue weighted by Gasteiger charge is -2.20. The third-order valence-corrected chi connectivity index (χ3v) is 4.13. The van der Waals surface area contributed by atoms with Gasteiger partial charge in [0.1, 0.15) is 17.3 Å². The molecule has 0 fully saturated rings. The average molecular weight is 390 g/mol. The van der Waals surface area contributed by atoms with E-state index in [0.717, 1.165) is 16.9 Å². The molecule has 1 amide bonds. The minimum Gasteiger partial charge on any atom is -0.496 e. The minimum absolute atomic E-state index is 0.238. The molecule has 0 aliphatic carbocycles. The lowest BCUT2D eigenvalue weighted by molar-refractivity contribution is 0.0914. The van der Waals surface area contributed by atoms with Crippen molar-refractivity contribution in [3.8, 4) is 17.1 Å². The zero-order valence-electron chi connectivity index (χ0n) is 17.2. The van der Waals surface area contributed by atoms with Gasteiger partial charge in [0.2, 0.25) is 0 Å². The highest BCUT2D eigenvalue weighted by Crippen LogP contribution is 2.21. The number of hydrogen-bond acceptors (Lipinski definition) is 5. The van der Waals surface area contributed by atoms with Crippen molar-refractivity contribution in [2.75, 3.05) is 12.4 Å². The first-order valence-corrected chi connectivity index (χ1v) is 9.48. The van der Waals surface area contributed by atoms with Crippen LogP contribution >= 0.6 is 0 Å². The maximum absolute atomic E-state index is 12.7. The largest absolute Gasteiger partial charge is 0.496 e. The molecule has 150 valence electrons. The number of nitrogens with one attached hydrogen (secondary N) is 2. The van der Waals surface area contributed by atoms with Crippen LogP contribution < -0.4 is 15.4 Å². The molecular weight excluding hydrogens is 364 g/mol. The Morgan fingerprint density at radius 1 is 1.00 bits per heavy atom. The fourth-order valence-electron chi connectivity index (χ4n) is 2.81. The first kappa shape index (κ1) is 20.3. The van der Waals surface area contributed by atoms with Gasteiger partial charge in [-0.1, -0.05) is 48.5 Å². The fraction of sp³-hybridized carbons (Fsp3) is 0.261. The van der Waals surface area contributed by atoms with Crippen molar-refractivity contribution in [3.63, 3.8) is 0 Å². The van der Waals surface area contributed by atoms with E-state index in [9.17, 15) is 4.79 Å². The second kappa shape index (κ2) is 8.73. The Balaban J connectivity index is 1.93. The number of para-hydroxylation sites is 1. The molecule has 3 aromatic rings. The van der Waals surface area contributed by atoms with Crippen LogP contribution in [0.2, 0.25) is 0 Å². The van der Waals surface area contributed by atoms with Gasteiger partial charge < -0.3 is 15.4 Å². The molecule has 0 saturated carbocycles. The third-order valence-electron chi connectivity index (χ3n) is 4.13. The van der Waals surface area contributed by atoms with E-state index in [1.807, 2.05) is 75.4 Å². The number of hydrogen-bond donors (Lipinski definition) is 2. The SMILES string of the molecule is COc1ccccc1CNc1cc(C(=O)NC(C)(C)C)nc(-c2ccccc2)n1. The Kier molecular flexibility index (Phi) is 6.12. The van der Waals surface area contributed by atoms with Crippen molar-refractivity contribution in [3.05, 3.63) is 71.9 Å². The molecule has 3 rings (SSSR count). The lowest BCUT2D eigenvalue weighted by Crippen LogP contribution is -2.41. The van der Waals surface area contributed by atoms with Gasteiger partial charge in [-0.15, -0.1) is 0 Å². The molecule has 0 aliphatic heterocycles. The molecule has 0 radical (unpaired) electrons. The van der Waals surface area contributed by atoms with Gasteiger partial charge in [0.25, 0.3) is 5.91 Å². The highest BCUT2D eigenvalue weighted by atomic mass is 16.5. The molecule has 6 nitrogen and oxygen atoms in total. The summed E-state index contributed by atoms with van der Waals surface area (Å²) in [5.74, 6) is 1.62. The van der Waals surface area contributed by atoms with Gasteiger partial charge in [-0.2, -0.15) is 0 Å². The molecule has 0 unspecified atom stereocenters. The highest BCUT2D eigenvalue weighted by molar-refractivity contribution is 5.93. The van der Waals surface area contributed by atoms with Gasteiger partial charge in [0, 0.05) is 29.3 Å². The van der Waals surface area contributed by atoms with Crippen LogP contribution in [0.25, 0.3) is 11.4 Å². The summed E-state index contributed by atoms with van der Waals surface area (Å²) in [4.78, 5) is 21.8. The number of ether oxygens (including phenoxy) is 1. The van der Waals surface area contributed by atoms with E-state index in [4.69, 9.17) is 4.74 Å². The zero-order chi connectivity index (χ0) is 20.9. The van der Waals surface area contributed by atoms with Gasteiger partial charge in [-0.25, -0.2) is 9.97 Å². The molecule has 0 spiro atoms. The van der Waals surface area contributed by atoms with Gasteiger partial charge in [0.05, 0.1) is 7.11 Å². The molecule has 6 heteroatoms. The number of carbonyl (C=O) groups excluding carboxylic acids is 1. The predicted molar refractivity (Wildman–Crippen MR) is 115 cm³/mol. The van der Waals surface area contributed by atoms with E-state index in [2.05, 4.69) is 20.6 Å². The molecule has 1 aromatic heterocycles. The maximum atomic E-state index is 12.7. The van der Waals surface area contributed by atoms with Crippen LogP contribution in [-0.2, 0) is 6.54 Å². The van der Waals surface area contributed by atoms with E-state index in [1.54, 1.807) is 13.2 Å². The monoisotopic (exact) mass is 390 g/mol. The molecule has 1 heterocycles. The van der Waals surface area contributed by atoms with Crippen molar-refractivity contribution in [2.45, 2.75) is 32.9 Å². The zero-order valence-corrected chi connectivity index (χ0v) is 17.2. The number of carbonyl (C=O) groups is 1. The summed E-state index contributed by atoms with van der Waals surface area (Å²) in [6.45, 7) is 6.32. The number of aromatic nitrogens is 2. The summed E-state index contributed by atoms with van der Waals surface area (Å²) in [5.41, 5.74) is 1.80. The van der Waals surface area contributed by atoms with Crippen LogP contribution in [0.3, 0.4) is 0 Å². The van der Waals surface area contributed by atoms with Crippen LogP contribution in [0.1, 0.15) is 36.8 Å². The molecule has 2 N–H and O–H groups in total. The summed E-state index contributed by atoms with van der Waals surface area (Å²) in [6, 6.07) is 19.1. The molecule has 0 atom stereocenters. The molecule has 0 saturated heterocycles. The van der Waals surface area contributed by atoms with E-state index in [0.29, 0.717) is 23.9 Å². The second-order valence-electron chi connectivity index (χ2n) is 7.70. The molecule has 2 aromatic carbocycles. The van der Waals surface area contributed by atoms with Crippen molar-refractivity contribution >= 4 is 11.7 Å². The van der Waals surface area contributed by atoms with Crippen LogP contribution in [0.5, 0.6) is 5.75 Å². The van der Waals surface area contributed by atoms with Crippen LogP contribution in [0, 0.1) is 0 Å². The fourth-order valence-corrected chi connectivity index (χ4v) is 2.81. The van der Waals surface area contributed by atoms with Gasteiger partial charge >= 0.3 is 0 Å². The van der Waals surface area contributed by atoms with Crippen molar-refractivity contribution < 1.29 is 9.53 Å². The van der Waals surface area contributed by atoms with Crippen LogP contribution in [-0.4, -0.2) is 28.5 Å². The topological polar surface area (TPSA) is 76.1 Å². The Bertz CT molecular complexity index is 982. The Morgan fingerprint density at radius 3 is 2.38 bits per heavy atom. The number of nitrogens with zero attached hydrogens (tertiary/aromatic N) is 2. The van der Waals surface area contributed by atoms with E-state index in [1.165, 1.54) is 0 Å². The average Bonchev–Trinajstić information content (AvgIpc) is 2.71. The highest BCUT2D eigenvalue weighted by Gasteiger charge is 2.18. The Labute approximate surface area is 171 Å². The number of methoxy groups -OCH3 is 1.